The zero-order valence-corrected chi connectivity index (χ0v) is 13.0. The Bertz CT molecular complexity index is 648. The zero-order chi connectivity index (χ0) is 15.1. The van der Waals surface area contributed by atoms with Gasteiger partial charge in [0.2, 0.25) is 5.89 Å². The normalized spacial score (nSPS) is 26.5. The number of hydrogen-bond donors (Lipinski definition) is 0. The molecule has 0 radical (unpaired) electrons. The van der Waals surface area contributed by atoms with Crippen LogP contribution in [0.4, 0.5) is 0 Å². The molecule has 2 atom stereocenters. The fraction of sp³-hybridized carbons (Fsp3) is 0.667. The Morgan fingerprint density at radius 2 is 2.23 bits per heavy atom. The van der Waals surface area contributed by atoms with Crippen molar-refractivity contribution in [2.24, 2.45) is 7.05 Å². The third-order valence-corrected chi connectivity index (χ3v) is 4.53. The molecule has 0 bridgehead atoms. The minimum Gasteiger partial charge on any atom is -0.375 e. The highest BCUT2D eigenvalue weighted by molar-refractivity contribution is 5.07. The van der Waals surface area contributed by atoms with Gasteiger partial charge in [-0.05, 0) is 19.8 Å². The first-order valence-corrected chi connectivity index (χ1v) is 7.86. The second kappa shape index (κ2) is 5.48. The highest BCUT2D eigenvalue weighted by atomic mass is 16.5. The number of ether oxygens (including phenoxy) is 1. The van der Waals surface area contributed by atoms with E-state index in [-0.39, 0.29) is 12.1 Å². The molecule has 22 heavy (non-hydrogen) atoms. The van der Waals surface area contributed by atoms with Gasteiger partial charge in [0.1, 0.15) is 6.04 Å². The molecule has 2 fully saturated rings. The van der Waals surface area contributed by atoms with Gasteiger partial charge in [-0.3, -0.25) is 4.90 Å². The molecule has 1 saturated heterocycles. The van der Waals surface area contributed by atoms with Crippen molar-refractivity contribution in [1.29, 1.82) is 0 Å². The van der Waals surface area contributed by atoms with E-state index in [4.69, 9.17) is 9.26 Å². The third kappa shape index (κ3) is 2.55. The molecule has 0 aromatic carbocycles. The van der Waals surface area contributed by atoms with Crippen molar-refractivity contribution in [3.8, 4) is 0 Å². The summed E-state index contributed by atoms with van der Waals surface area (Å²) in [6, 6.07) is 0.00338. The van der Waals surface area contributed by atoms with Gasteiger partial charge in [-0.25, -0.2) is 4.98 Å². The summed E-state index contributed by atoms with van der Waals surface area (Å²) < 4.78 is 13.4. The molecule has 0 unspecified atom stereocenters. The molecule has 7 nitrogen and oxygen atoms in total. The van der Waals surface area contributed by atoms with Gasteiger partial charge in [-0.1, -0.05) is 5.16 Å². The van der Waals surface area contributed by atoms with E-state index < -0.39 is 0 Å². The minimum atomic E-state index is 0.00338. The molecular weight excluding hydrogens is 282 g/mol. The van der Waals surface area contributed by atoms with Crippen LogP contribution in [0.3, 0.4) is 0 Å². The van der Waals surface area contributed by atoms with E-state index in [9.17, 15) is 0 Å². The first kappa shape index (κ1) is 13.9. The van der Waals surface area contributed by atoms with Crippen LogP contribution in [0, 0.1) is 0 Å². The predicted octanol–water partition coefficient (Wildman–Crippen LogP) is 1.64. The fourth-order valence-corrected chi connectivity index (χ4v) is 3.04. The van der Waals surface area contributed by atoms with Crippen molar-refractivity contribution in [2.45, 2.75) is 44.4 Å². The van der Waals surface area contributed by atoms with Gasteiger partial charge < -0.3 is 13.8 Å². The van der Waals surface area contributed by atoms with Crippen LogP contribution >= 0.6 is 0 Å². The maximum atomic E-state index is 5.82. The number of imidazole rings is 1. The largest absolute Gasteiger partial charge is 0.375 e. The molecule has 1 aliphatic carbocycles. The maximum Gasteiger partial charge on any atom is 0.246 e. The molecule has 0 N–H and O–H groups in total. The van der Waals surface area contributed by atoms with Crippen molar-refractivity contribution in [3.63, 3.8) is 0 Å². The van der Waals surface area contributed by atoms with Gasteiger partial charge in [-0.2, -0.15) is 4.98 Å². The standard InChI is InChI=1S/C15H21N5O2/c1-10-13(15-17-14(18-22-15)11-3-4-11)20(5-6-21-10)8-12-7-16-9-19(12)2/h7,9-11,13H,3-6,8H2,1-2H3/t10-,13+/m1/s1. The molecule has 0 spiro atoms. The zero-order valence-electron chi connectivity index (χ0n) is 13.0. The van der Waals surface area contributed by atoms with E-state index in [0.717, 1.165) is 25.5 Å². The molecule has 1 saturated carbocycles. The molecule has 7 heteroatoms. The Morgan fingerprint density at radius 3 is 2.95 bits per heavy atom. The Balaban J connectivity index is 1.58. The summed E-state index contributed by atoms with van der Waals surface area (Å²) in [7, 11) is 2.01. The number of morpholine rings is 1. The van der Waals surface area contributed by atoms with Crippen LogP contribution in [0.25, 0.3) is 0 Å². The average molecular weight is 303 g/mol. The number of rotatable bonds is 4. The number of hydrogen-bond acceptors (Lipinski definition) is 6. The maximum absolute atomic E-state index is 5.82. The van der Waals surface area contributed by atoms with Crippen molar-refractivity contribution in [2.75, 3.05) is 13.2 Å². The molecule has 3 heterocycles. The topological polar surface area (TPSA) is 69.2 Å². The Labute approximate surface area is 129 Å². The van der Waals surface area contributed by atoms with Crippen LogP contribution in [0.1, 0.15) is 49.1 Å². The first-order valence-electron chi connectivity index (χ1n) is 7.86. The summed E-state index contributed by atoms with van der Waals surface area (Å²) in [5, 5.41) is 4.15. The summed E-state index contributed by atoms with van der Waals surface area (Å²) in [6.07, 6.45) is 6.12. The second-order valence-electron chi connectivity index (χ2n) is 6.25. The number of aryl methyl sites for hydroxylation is 1. The summed E-state index contributed by atoms with van der Waals surface area (Å²) in [6.45, 7) is 4.44. The van der Waals surface area contributed by atoms with Gasteiger partial charge >= 0.3 is 0 Å². The van der Waals surface area contributed by atoms with Gasteiger partial charge in [0, 0.05) is 32.3 Å². The van der Waals surface area contributed by atoms with E-state index in [1.165, 1.54) is 18.5 Å². The summed E-state index contributed by atoms with van der Waals surface area (Å²) in [5.41, 5.74) is 1.17. The van der Waals surface area contributed by atoms with Crippen LogP contribution in [-0.2, 0) is 18.3 Å². The fourth-order valence-electron chi connectivity index (χ4n) is 3.04. The van der Waals surface area contributed by atoms with Gasteiger partial charge in [0.25, 0.3) is 0 Å². The van der Waals surface area contributed by atoms with Crippen molar-refractivity contribution >= 4 is 0 Å². The average Bonchev–Trinajstić information content (AvgIpc) is 3.11. The lowest BCUT2D eigenvalue weighted by molar-refractivity contribution is -0.0769. The van der Waals surface area contributed by atoms with E-state index in [1.807, 2.05) is 24.1 Å². The number of aromatic nitrogens is 4. The first-order chi connectivity index (χ1) is 10.7. The Hall–Kier alpha value is -1.73. The van der Waals surface area contributed by atoms with Gasteiger partial charge in [0.05, 0.1) is 24.7 Å². The lowest BCUT2D eigenvalue weighted by Crippen LogP contribution is -2.44. The summed E-state index contributed by atoms with van der Waals surface area (Å²) >= 11 is 0. The third-order valence-electron chi connectivity index (χ3n) is 4.53. The highest BCUT2D eigenvalue weighted by Crippen LogP contribution is 2.39. The van der Waals surface area contributed by atoms with E-state index in [0.29, 0.717) is 11.8 Å². The van der Waals surface area contributed by atoms with Gasteiger partial charge in [-0.15, -0.1) is 0 Å². The van der Waals surface area contributed by atoms with Gasteiger partial charge in [0.15, 0.2) is 5.82 Å². The Kier molecular flexibility index (Phi) is 3.46. The molecule has 2 aromatic rings. The summed E-state index contributed by atoms with van der Waals surface area (Å²) in [4.78, 5) is 11.2. The summed E-state index contributed by atoms with van der Waals surface area (Å²) in [5.74, 6) is 2.03. The lowest BCUT2D eigenvalue weighted by atomic mass is 10.1. The van der Waals surface area contributed by atoms with Crippen molar-refractivity contribution in [3.05, 3.63) is 29.9 Å². The molecule has 2 aromatic heterocycles. The quantitative estimate of drug-likeness (QED) is 0.855. The second-order valence-corrected chi connectivity index (χ2v) is 6.25. The monoisotopic (exact) mass is 303 g/mol. The van der Waals surface area contributed by atoms with E-state index >= 15 is 0 Å². The van der Waals surface area contributed by atoms with E-state index in [2.05, 4.69) is 26.9 Å². The van der Waals surface area contributed by atoms with E-state index in [1.54, 1.807) is 0 Å². The van der Waals surface area contributed by atoms with Crippen molar-refractivity contribution < 1.29 is 9.26 Å². The van der Waals surface area contributed by atoms with Crippen molar-refractivity contribution in [1.82, 2.24) is 24.6 Å². The molecular formula is C15H21N5O2. The Morgan fingerprint density at radius 1 is 1.36 bits per heavy atom. The molecule has 118 valence electrons. The van der Waals surface area contributed by atoms with Crippen LogP contribution in [0.15, 0.2) is 17.0 Å². The molecule has 4 rings (SSSR count). The minimum absolute atomic E-state index is 0.00338. The molecule has 1 aliphatic heterocycles. The smallest absolute Gasteiger partial charge is 0.246 e. The number of nitrogens with zero attached hydrogens (tertiary/aromatic N) is 5. The SMILES string of the molecule is C[C@H]1OCCN(Cc2cncn2C)[C@@H]1c1nc(C2CC2)no1. The van der Waals surface area contributed by atoms with Crippen LogP contribution in [0.5, 0.6) is 0 Å². The van der Waals surface area contributed by atoms with Crippen LogP contribution in [-0.4, -0.2) is 43.8 Å². The van der Waals surface area contributed by atoms with Crippen LogP contribution < -0.4 is 0 Å². The molecule has 2 aliphatic rings. The molecule has 0 amide bonds. The predicted molar refractivity (Wildman–Crippen MR) is 78.0 cm³/mol. The lowest BCUT2D eigenvalue weighted by Gasteiger charge is -2.37. The van der Waals surface area contributed by atoms with Crippen LogP contribution in [0.2, 0.25) is 0 Å². The highest BCUT2D eigenvalue weighted by Gasteiger charge is 2.37.